The number of pyridine rings is 1. The summed E-state index contributed by atoms with van der Waals surface area (Å²) in [6, 6.07) is 12.6. The molecule has 1 aromatic heterocycles. The van der Waals surface area contributed by atoms with E-state index in [0.717, 1.165) is 23.3 Å². The van der Waals surface area contributed by atoms with Gasteiger partial charge in [0.05, 0.1) is 30.2 Å². The number of hydrogen-bond donors (Lipinski definition) is 4. The lowest BCUT2D eigenvalue weighted by Crippen LogP contribution is -2.39. The Morgan fingerprint density at radius 1 is 1.07 bits per heavy atom. The maximum atomic E-state index is 13.6. The number of amides is 2. The Balaban J connectivity index is 1.55. The number of aliphatic hydroxyl groups is 2. The molecule has 1 saturated heterocycles. The van der Waals surface area contributed by atoms with Crippen LogP contribution in [0.4, 0.5) is 0 Å². The van der Waals surface area contributed by atoms with Gasteiger partial charge < -0.3 is 20.4 Å². The van der Waals surface area contributed by atoms with Crippen molar-refractivity contribution in [2.75, 3.05) is 13.2 Å². The van der Waals surface area contributed by atoms with Crippen LogP contribution in [0.1, 0.15) is 76.0 Å². The molecular weight excluding hydrogens is 548 g/mol. The molecule has 230 valence electrons. The number of likely N-dealkylation sites (tertiary alicyclic amines) is 1. The molecule has 2 aromatic rings. The van der Waals surface area contributed by atoms with Crippen molar-refractivity contribution in [3.8, 4) is 5.75 Å². The number of phenols is 1. The lowest BCUT2D eigenvalue weighted by molar-refractivity contribution is -0.141. The summed E-state index contributed by atoms with van der Waals surface area (Å²) in [4.78, 5) is 43.5. The Labute approximate surface area is 252 Å². The second-order valence-electron chi connectivity index (χ2n) is 11.5. The third kappa shape index (κ3) is 7.58. The van der Waals surface area contributed by atoms with Crippen molar-refractivity contribution in [1.29, 1.82) is 0 Å². The SMILES string of the molecule is CCCC1=C([C@H](O)CC/C(=C/c2ccccc2O)c2ccccn2)[C@H](CO)[C@@H]2C(=O)N(CCCCCC(=O)O)C(=O)[C@@H]2C1. The van der Waals surface area contributed by atoms with Gasteiger partial charge in [0.25, 0.3) is 0 Å². The number of phenolic OH excluding ortho intramolecular Hbond substituents is 1. The monoisotopic (exact) mass is 590 g/mol. The van der Waals surface area contributed by atoms with E-state index < -0.39 is 29.8 Å². The van der Waals surface area contributed by atoms with Crippen molar-refractivity contribution in [1.82, 2.24) is 9.88 Å². The van der Waals surface area contributed by atoms with Crippen molar-refractivity contribution in [3.05, 3.63) is 71.1 Å². The van der Waals surface area contributed by atoms with E-state index in [4.69, 9.17) is 5.11 Å². The van der Waals surface area contributed by atoms with E-state index in [1.54, 1.807) is 24.4 Å². The number of carbonyl (C=O) groups is 3. The van der Waals surface area contributed by atoms with E-state index in [0.29, 0.717) is 56.1 Å². The number of aliphatic carboxylic acids is 1. The van der Waals surface area contributed by atoms with E-state index >= 15 is 0 Å². The molecule has 0 bridgehead atoms. The van der Waals surface area contributed by atoms with Gasteiger partial charge in [-0.25, -0.2) is 0 Å². The minimum absolute atomic E-state index is 0.0506. The number of nitrogens with zero attached hydrogens (tertiary/aromatic N) is 2. The lowest BCUT2D eigenvalue weighted by Gasteiger charge is -2.36. The van der Waals surface area contributed by atoms with Crippen molar-refractivity contribution in [3.63, 3.8) is 0 Å². The highest BCUT2D eigenvalue weighted by molar-refractivity contribution is 6.05. The maximum Gasteiger partial charge on any atom is 0.303 e. The number of carboxylic acids is 1. The molecule has 2 amide bonds. The molecule has 2 aliphatic rings. The van der Waals surface area contributed by atoms with Gasteiger partial charge in [0.2, 0.25) is 11.8 Å². The number of carboxylic acid groups (broad SMARTS) is 1. The Hall–Kier alpha value is -3.82. The molecular formula is C34H42N2O7. The third-order valence-corrected chi connectivity index (χ3v) is 8.60. The standard InChI is InChI=1S/C34H42N2O7/c1-2-10-24-20-25-32(34(43)36(33(25)42)18-9-3-4-14-30(40)41)26(21-37)31(24)29(39)16-15-22(27-12-7-8-17-35-27)19-23-11-5-6-13-28(23)38/h5-8,11-13,17,19,25-26,29,32,37-39H,2-4,9-10,14-16,18,20-21H2,1H3,(H,40,41)/b22-19-/t25-,26+,29-,32-/m1/s1. The van der Waals surface area contributed by atoms with E-state index in [9.17, 15) is 29.7 Å². The van der Waals surface area contributed by atoms with Crippen LogP contribution >= 0.6 is 0 Å². The summed E-state index contributed by atoms with van der Waals surface area (Å²) < 4.78 is 0. The van der Waals surface area contributed by atoms with Crippen molar-refractivity contribution in [2.45, 2.75) is 70.8 Å². The van der Waals surface area contributed by atoms with Crippen LogP contribution < -0.4 is 0 Å². The number of rotatable bonds is 15. The topological polar surface area (TPSA) is 148 Å². The number of para-hydroxylation sites is 1. The summed E-state index contributed by atoms with van der Waals surface area (Å²) in [7, 11) is 0. The average molecular weight is 591 g/mol. The molecule has 1 aromatic carbocycles. The van der Waals surface area contributed by atoms with Crippen molar-refractivity contribution < 1.29 is 34.8 Å². The van der Waals surface area contributed by atoms with Gasteiger partial charge in [-0.05, 0) is 73.9 Å². The molecule has 2 heterocycles. The number of aliphatic hydroxyl groups excluding tert-OH is 2. The first-order chi connectivity index (χ1) is 20.8. The van der Waals surface area contributed by atoms with Crippen LogP contribution in [0.2, 0.25) is 0 Å². The number of fused-ring (bicyclic) bond motifs is 1. The molecule has 43 heavy (non-hydrogen) atoms. The summed E-state index contributed by atoms with van der Waals surface area (Å²) >= 11 is 0. The molecule has 4 N–H and O–H groups in total. The molecule has 9 nitrogen and oxygen atoms in total. The van der Waals surface area contributed by atoms with Crippen LogP contribution in [0.5, 0.6) is 5.75 Å². The number of allylic oxidation sites excluding steroid dienone is 2. The van der Waals surface area contributed by atoms with Crippen LogP contribution in [0.15, 0.2) is 59.8 Å². The first kappa shape index (κ1) is 32.1. The lowest BCUT2D eigenvalue weighted by atomic mass is 9.67. The van der Waals surface area contributed by atoms with Crippen LogP contribution in [0.3, 0.4) is 0 Å². The predicted molar refractivity (Wildman–Crippen MR) is 162 cm³/mol. The largest absolute Gasteiger partial charge is 0.507 e. The Morgan fingerprint density at radius 2 is 1.84 bits per heavy atom. The molecule has 1 aliphatic heterocycles. The zero-order chi connectivity index (χ0) is 30.9. The summed E-state index contributed by atoms with van der Waals surface area (Å²) in [6.07, 6.45) is 6.83. The number of carbonyl (C=O) groups excluding carboxylic acids is 2. The van der Waals surface area contributed by atoms with E-state index in [2.05, 4.69) is 4.98 Å². The number of unbranched alkanes of at least 4 members (excludes halogenated alkanes) is 2. The molecule has 4 atom stereocenters. The minimum Gasteiger partial charge on any atom is -0.507 e. The Morgan fingerprint density at radius 3 is 2.51 bits per heavy atom. The van der Waals surface area contributed by atoms with Gasteiger partial charge in [-0.2, -0.15) is 0 Å². The second kappa shape index (κ2) is 15.1. The molecule has 4 rings (SSSR count). The van der Waals surface area contributed by atoms with Crippen LogP contribution in [-0.4, -0.2) is 67.3 Å². The molecule has 0 spiro atoms. The van der Waals surface area contributed by atoms with Crippen molar-refractivity contribution in [2.24, 2.45) is 17.8 Å². The number of aromatic nitrogens is 1. The first-order valence-corrected chi connectivity index (χ1v) is 15.2. The van der Waals surface area contributed by atoms with Crippen LogP contribution in [0, 0.1) is 17.8 Å². The summed E-state index contributed by atoms with van der Waals surface area (Å²) in [5.74, 6) is -3.24. The number of aromatic hydroxyl groups is 1. The zero-order valence-electron chi connectivity index (χ0n) is 24.7. The normalized spacial score (nSPS) is 21.3. The second-order valence-corrected chi connectivity index (χ2v) is 11.5. The van der Waals surface area contributed by atoms with Gasteiger partial charge in [-0.1, -0.05) is 49.6 Å². The highest BCUT2D eigenvalue weighted by atomic mass is 16.4. The van der Waals surface area contributed by atoms with Gasteiger partial charge in [-0.15, -0.1) is 0 Å². The Kier molecular flexibility index (Phi) is 11.3. The van der Waals surface area contributed by atoms with Gasteiger partial charge in [0.1, 0.15) is 5.75 Å². The number of hydrogen-bond acceptors (Lipinski definition) is 7. The quantitative estimate of drug-likeness (QED) is 0.131. The van der Waals surface area contributed by atoms with Crippen LogP contribution in [0.25, 0.3) is 11.6 Å². The smallest absolute Gasteiger partial charge is 0.303 e. The molecule has 0 radical (unpaired) electrons. The predicted octanol–water partition coefficient (Wildman–Crippen LogP) is 4.82. The maximum absolute atomic E-state index is 13.6. The average Bonchev–Trinajstić information content (AvgIpc) is 3.23. The fraction of sp³-hybridized carbons (Fsp3) is 0.471. The van der Waals surface area contributed by atoms with E-state index in [1.807, 2.05) is 37.3 Å². The third-order valence-electron chi connectivity index (χ3n) is 8.60. The van der Waals surface area contributed by atoms with Gasteiger partial charge >= 0.3 is 5.97 Å². The van der Waals surface area contributed by atoms with Crippen molar-refractivity contribution >= 4 is 29.4 Å². The minimum atomic E-state index is -0.941. The number of imide groups is 1. The van der Waals surface area contributed by atoms with Gasteiger partial charge in [0, 0.05) is 30.6 Å². The molecule has 1 fully saturated rings. The van der Waals surface area contributed by atoms with Gasteiger partial charge in [0.15, 0.2) is 0 Å². The number of benzene rings is 1. The fourth-order valence-corrected chi connectivity index (χ4v) is 6.58. The molecule has 0 unspecified atom stereocenters. The fourth-order valence-electron chi connectivity index (χ4n) is 6.58. The summed E-state index contributed by atoms with van der Waals surface area (Å²) in [5.41, 5.74) is 3.78. The van der Waals surface area contributed by atoms with Gasteiger partial charge in [-0.3, -0.25) is 24.3 Å². The summed E-state index contributed by atoms with van der Waals surface area (Å²) in [6.45, 7) is 1.90. The highest BCUT2D eigenvalue weighted by Crippen LogP contribution is 2.47. The summed E-state index contributed by atoms with van der Waals surface area (Å²) in [5, 5.41) is 41.5. The molecule has 0 saturated carbocycles. The van der Waals surface area contributed by atoms with E-state index in [-0.39, 0.29) is 37.1 Å². The van der Waals surface area contributed by atoms with Crippen LogP contribution in [-0.2, 0) is 14.4 Å². The molecule has 9 heteroatoms. The first-order valence-electron chi connectivity index (χ1n) is 15.2. The van der Waals surface area contributed by atoms with E-state index in [1.165, 1.54) is 4.90 Å². The zero-order valence-corrected chi connectivity index (χ0v) is 24.7. The Bertz CT molecular complexity index is 1350. The molecule has 1 aliphatic carbocycles. The highest BCUT2D eigenvalue weighted by Gasteiger charge is 2.54.